The van der Waals surface area contributed by atoms with Gasteiger partial charge in [-0.1, -0.05) is 62.1 Å². The molecule has 0 spiro atoms. The van der Waals surface area contributed by atoms with E-state index in [1.807, 2.05) is 6.07 Å². The number of rotatable bonds is 9. The Kier molecular flexibility index (Phi) is 7.43. The van der Waals surface area contributed by atoms with Gasteiger partial charge in [0.1, 0.15) is 13.8 Å². The molecule has 1 aliphatic heterocycles. The highest BCUT2D eigenvalue weighted by Gasteiger charge is 2.30. The lowest BCUT2D eigenvalue weighted by Gasteiger charge is -2.32. The Labute approximate surface area is 193 Å². The van der Waals surface area contributed by atoms with E-state index in [4.69, 9.17) is 4.74 Å². The van der Waals surface area contributed by atoms with Crippen molar-refractivity contribution in [3.05, 3.63) is 71.4 Å². The summed E-state index contributed by atoms with van der Waals surface area (Å²) < 4.78 is 5.92. The number of aromatic amines is 1. The van der Waals surface area contributed by atoms with E-state index < -0.39 is 8.07 Å². The summed E-state index contributed by atoms with van der Waals surface area (Å²) in [6, 6.07) is 19.1. The molecule has 0 saturated carbocycles. The largest absolute Gasteiger partial charge is 0.493 e. The molecule has 2 heterocycles. The van der Waals surface area contributed by atoms with Gasteiger partial charge in [-0.3, -0.25) is 0 Å². The first-order valence-electron chi connectivity index (χ1n) is 11.9. The second kappa shape index (κ2) is 10.4. The minimum absolute atomic E-state index is 0.555. The molecule has 0 atom stereocenters. The predicted octanol–water partition coefficient (Wildman–Crippen LogP) is 4.39. The number of nitrogens with one attached hydrogen (secondary N) is 1. The van der Waals surface area contributed by atoms with E-state index in [9.17, 15) is 0 Å². The smallest absolute Gasteiger partial charge is 0.119 e. The summed E-state index contributed by atoms with van der Waals surface area (Å²) in [6.07, 6.45) is 4.38. The highest BCUT2D eigenvalue weighted by Crippen LogP contribution is 2.26. The van der Waals surface area contributed by atoms with Gasteiger partial charge in [0.2, 0.25) is 0 Å². The third-order valence-corrected chi connectivity index (χ3v) is 8.19. The quantitative estimate of drug-likeness (QED) is 0.493. The first kappa shape index (κ1) is 22.7. The molecule has 4 rings (SSSR count). The highest BCUT2D eigenvalue weighted by molar-refractivity contribution is 6.88. The summed E-state index contributed by atoms with van der Waals surface area (Å²) >= 11 is 0. The van der Waals surface area contributed by atoms with Crippen molar-refractivity contribution in [1.29, 1.82) is 0 Å². The molecular formula is C26H36N4OSi. The van der Waals surface area contributed by atoms with Crippen LogP contribution < -0.4 is 10.1 Å². The van der Waals surface area contributed by atoms with Gasteiger partial charge in [0.05, 0.1) is 17.6 Å². The molecule has 32 heavy (non-hydrogen) atoms. The number of likely N-dealkylation sites (tertiary alicyclic amines) is 1. The zero-order chi connectivity index (χ0) is 22.4. The fourth-order valence-electron chi connectivity index (χ4n) is 4.48. The minimum Gasteiger partial charge on any atom is -0.493 e. The van der Waals surface area contributed by atoms with Crippen molar-refractivity contribution in [2.45, 2.75) is 51.2 Å². The van der Waals surface area contributed by atoms with Gasteiger partial charge in [0.15, 0.2) is 0 Å². The van der Waals surface area contributed by atoms with Crippen LogP contribution in [0.15, 0.2) is 54.6 Å². The average Bonchev–Trinajstić information content (AvgIpc) is 3.30. The highest BCUT2D eigenvalue weighted by atomic mass is 28.3. The number of hydrogen-bond donors (Lipinski definition) is 1. The zero-order valence-corrected chi connectivity index (χ0v) is 20.7. The van der Waals surface area contributed by atoms with E-state index in [1.54, 1.807) is 0 Å². The lowest BCUT2D eigenvalue weighted by atomic mass is 9.94. The molecule has 1 aliphatic rings. The Balaban J connectivity index is 1.19. The van der Waals surface area contributed by atoms with Crippen molar-refractivity contribution in [2.75, 3.05) is 26.2 Å². The number of piperidine rings is 1. The summed E-state index contributed by atoms with van der Waals surface area (Å²) in [5.41, 5.74) is 3.93. The number of nitrogens with zero attached hydrogens (tertiary/aromatic N) is 3. The van der Waals surface area contributed by atoms with Crippen LogP contribution in [0.25, 0.3) is 0 Å². The van der Waals surface area contributed by atoms with Crippen LogP contribution in [0.2, 0.25) is 19.6 Å². The van der Waals surface area contributed by atoms with Crippen LogP contribution in [-0.2, 0) is 12.8 Å². The fraction of sp³-hybridized carbons (Fsp3) is 0.462. The minimum atomic E-state index is -1.45. The topological polar surface area (TPSA) is 54.0 Å². The van der Waals surface area contributed by atoms with Gasteiger partial charge < -0.3 is 9.64 Å². The van der Waals surface area contributed by atoms with Crippen molar-refractivity contribution < 1.29 is 4.74 Å². The van der Waals surface area contributed by atoms with Gasteiger partial charge in [-0.05, 0) is 55.6 Å². The van der Waals surface area contributed by atoms with E-state index in [0.29, 0.717) is 12.5 Å². The standard InChI is InChI=1S/C26H36N4OSi/c1-32(2,3)26-25(27-29-28-26)23-14-18-30(19-15-23)17-13-22-9-11-24(12-10-22)31-20-16-21-7-5-4-6-8-21/h4-12,23H,13-20H2,1-3H3,(H,27,28,29). The van der Waals surface area contributed by atoms with Crippen LogP contribution in [0.1, 0.15) is 35.6 Å². The van der Waals surface area contributed by atoms with Crippen LogP contribution in [-0.4, -0.2) is 54.6 Å². The molecule has 2 aromatic carbocycles. The molecule has 0 radical (unpaired) electrons. The molecule has 5 nitrogen and oxygen atoms in total. The Morgan fingerprint density at radius 3 is 2.28 bits per heavy atom. The third kappa shape index (κ3) is 6.08. The van der Waals surface area contributed by atoms with Gasteiger partial charge >= 0.3 is 0 Å². The molecule has 0 unspecified atom stereocenters. The lowest BCUT2D eigenvalue weighted by Crippen LogP contribution is -2.43. The summed E-state index contributed by atoms with van der Waals surface area (Å²) in [5.74, 6) is 1.51. The first-order chi connectivity index (χ1) is 15.5. The molecule has 0 aliphatic carbocycles. The van der Waals surface area contributed by atoms with Gasteiger partial charge in [-0.2, -0.15) is 15.4 Å². The summed E-state index contributed by atoms with van der Waals surface area (Å²) in [7, 11) is -1.45. The molecule has 1 aromatic heterocycles. The third-order valence-electron chi connectivity index (χ3n) is 6.40. The fourth-order valence-corrected chi connectivity index (χ4v) is 5.89. The van der Waals surface area contributed by atoms with Gasteiger partial charge in [0, 0.05) is 18.9 Å². The number of benzene rings is 2. The van der Waals surface area contributed by atoms with Gasteiger partial charge in [-0.15, -0.1) is 0 Å². The Morgan fingerprint density at radius 1 is 0.906 bits per heavy atom. The monoisotopic (exact) mass is 448 g/mol. The molecule has 1 fully saturated rings. The normalized spacial score (nSPS) is 15.7. The number of ether oxygens (including phenoxy) is 1. The summed E-state index contributed by atoms with van der Waals surface area (Å²) in [6.45, 7) is 11.2. The molecule has 170 valence electrons. The van der Waals surface area contributed by atoms with Crippen molar-refractivity contribution in [2.24, 2.45) is 0 Å². The van der Waals surface area contributed by atoms with Crippen LogP contribution in [0.4, 0.5) is 0 Å². The zero-order valence-electron chi connectivity index (χ0n) is 19.7. The van der Waals surface area contributed by atoms with E-state index in [1.165, 1.54) is 35.0 Å². The molecule has 1 N–H and O–H groups in total. The van der Waals surface area contributed by atoms with Crippen LogP contribution in [0.3, 0.4) is 0 Å². The Bertz CT molecular complexity index is 957. The van der Waals surface area contributed by atoms with E-state index in [-0.39, 0.29) is 0 Å². The number of aromatic nitrogens is 3. The second-order valence-electron chi connectivity index (χ2n) is 9.90. The molecule has 1 saturated heterocycles. The van der Waals surface area contributed by atoms with Crippen LogP contribution >= 0.6 is 0 Å². The maximum absolute atomic E-state index is 5.92. The maximum Gasteiger partial charge on any atom is 0.119 e. The van der Waals surface area contributed by atoms with E-state index >= 15 is 0 Å². The van der Waals surface area contributed by atoms with Crippen molar-refractivity contribution in [1.82, 2.24) is 20.3 Å². The van der Waals surface area contributed by atoms with Crippen molar-refractivity contribution in [3.63, 3.8) is 0 Å². The van der Waals surface area contributed by atoms with Crippen molar-refractivity contribution in [3.8, 4) is 5.75 Å². The number of hydrogen-bond acceptors (Lipinski definition) is 4. The lowest BCUT2D eigenvalue weighted by molar-refractivity contribution is 0.213. The van der Waals surface area contributed by atoms with Crippen LogP contribution in [0.5, 0.6) is 5.75 Å². The Hall–Kier alpha value is -2.44. The molecule has 0 bridgehead atoms. The predicted molar refractivity (Wildman–Crippen MR) is 134 cm³/mol. The average molecular weight is 449 g/mol. The van der Waals surface area contributed by atoms with Crippen molar-refractivity contribution >= 4 is 13.4 Å². The van der Waals surface area contributed by atoms with E-state index in [2.05, 4.69) is 88.5 Å². The SMILES string of the molecule is C[Si](C)(C)c1n[nH]nc1C1CCN(CCc2ccc(OCCc3ccccc3)cc2)CC1. The van der Waals surface area contributed by atoms with Gasteiger partial charge in [-0.25, -0.2) is 0 Å². The summed E-state index contributed by atoms with van der Waals surface area (Å²) in [4.78, 5) is 2.59. The van der Waals surface area contributed by atoms with E-state index in [0.717, 1.165) is 38.2 Å². The molecule has 0 amide bonds. The van der Waals surface area contributed by atoms with Gasteiger partial charge in [0.25, 0.3) is 0 Å². The molecule has 6 heteroatoms. The molecule has 3 aromatic rings. The van der Waals surface area contributed by atoms with Crippen LogP contribution in [0, 0.1) is 0 Å². The first-order valence-corrected chi connectivity index (χ1v) is 15.4. The summed E-state index contributed by atoms with van der Waals surface area (Å²) in [5, 5.41) is 13.2. The number of H-pyrrole nitrogens is 1. The Morgan fingerprint density at radius 2 is 1.59 bits per heavy atom. The molecular weight excluding hydrogens is 412 g/mol. The maximum atomic E-state index is 5.92. The second-order valence-corrected chi connectivity index (χ2v) is 14.9.